The standard InChI is InChI=1S/C35H32N2/c1-3-4-9-24-13-17-34-30(20-24)31-22-26(15-18-35(31)37(34)27-10-7-8-23(2)19-27)25-14-16-33-29(21-25)28-11-5-6-12-32(28)36-33/h5-7,10-23,36H,3-4,8-9H2,1-2H3. The summed E-state index contributed by atoms with van der Waals surface area (Å²) in [6.45, 7) is 4.57. The molecule has 0 aliphatic heterocycles. The largest absolute Gasteiger partial charge is 0.355 e. The molecule has 0 spiro atoms. The van der Waals surface area contributed by atoms with Gasteiger partial charge in [-0.1, -0.05) is 68.8 Å². The maximum Gasteiger partial charge on any atom is 0.0541 e. The average molecular weight is 481 g/mol. The van der Waals surface area contributed by atoms with Crippen LogP contribution in [-0.4, -0.2) is 9.55 Å². The van der Waals surface area contributed by atoms with Crippen molar-refractivity contribution in [1.29, 1.82) is 0 Å². The number of nitrogens with zero attached hydrogens (tertiary/aromatic N) is 1. The van der Waals surface area contributed by atoms with Crippen molar-refractivity contribution in [2.45, 2.75) is 39.5 Å². The second-order valence-electron chi connectivity index (χ2n) is 10.7. The minimum absolute atomic E-state index is 0.554. The monoisotopic (exact) mass is 480 g/mol. The molecule has 2 aromatic heterocycles. The third-order valence-electron chi connectivity index (χ3n) is 8.00. The van der Waals surface area contributed by atoms with Crippen LogP contribution in [0.3, 0.4) is 0 Å². The summed E-state index contributed by atoms with van der Waals surface area (Å²) in [7, 11) is 0. The quantitative estimate of drug-likeness (QED) is 0.253. The Bertz CT molecular complexity index is 1860. The van der Waals surface area contributed by atoms with E-state index in [0.717, 1.165) is 12.8 Å². The van der Waals surface area contributed by atoms with Crippen LogP contribution >= 0.6 is 0 Å². The lowest BCUT2D eigenvalue weighted by molar-refractivity contribution is 0.735. The molecule has 7 rings (SSSR count). The molecule has 2 nitrogen and oxygen atoms in total. The molecular weight excluding hydrogens is 448 g/mol. The van der Waals surface area contributed by atoms with Gasteiger partial charge in [-0.3, -0.25) is 0 Å². The second-order valence-corrected chi connectivity index (χ2v) is 10.7. The molecule has 182 valence electrons. The van der Waals surface area contributed by atoms with Gasteiger partial charge in [-0.15, -0.1) is 0 Å². The van der Waals surface area contributed by atoms with Crippen molar-refractivity contribution in [3.05, 3.63) is 103 Å². The molecule has 0 radical (unpaired) electrons. The minimum atomic E-state index is 0.554. The van der Waals surface area contributed by atoms with Crippen molar-refractivity contribution in [3.63, 3.8) is 0 Å². The Kier molecular flexibility index (Phi) is 5.28. The number of para-hydroxylation sites is 1. The van der Waals surface area contributed by atoms with Crippen molar-refractivity contribution < 1.29 is 0 Å². The number of aromatic amines is 1. The zero-order valence-corrected chi connectivity index (χ0v) is 21.6. The lowest BCUT2D eigenvalue weighted by Gasteiger charge is -2.16. The summed E-state index contributed by atoms with van der Waals surface area (Å²) in [5.74, 6) is 0.554. The highest BCUT2D eigenvalue weighted by atomic mass is 15.0. The molecule has 0 saturated carbocycles. The fourth-order valence-electron chi connectivity index (χ4n) is 6.06. The number of benzene rings is 4. The first kappa shape index (κ1) is 22.2. The normalized spacial score (nSPS) is 15.8. The van der Waals surface area contributed by atoms with Crippen LogP contribution in [0.1, 0.15) is 38.7 Å². The Morgan fingerprint density at radius 1 is 0.784 bits per heavy atom. The van der Waals surface area contributed by atoms with E-state index in [1.807, 2.05) is 0 Å². The lowest BCUT2D eigenvalue weighted by Crippen LogP contribution is -2.01. The Balaban J connectivity index is 1.45. The van der Waals surface area contributed by atoms with Gasteiger partial charge in [0, 0.05) is 38.3 Å². The molecule has 2 heteroatoms. The number of hydrogen-bond acceptors (Lipinski definition) is 0. The molecule has 0 fully saturated rings. The highest BCUT2D eigenvalue weighted by molar-refractivity contribution is 6.12. The Morgan fingerprint density at radius 2 is 1.51 bits per heavy atom. The van der Waals surface area contributed by atoms with E-state index in [1.54, 1.807) is 0 Å². The molecular formula is C35H32N2. The van der Waals surface area contributed by atoms with Gasteiger partial charge in [-0.05, 0) is 90.4 Å². The smallest absolute Gasteiger partial charge is 0.0541 e. The van der Waals surface area contributed by atoms with Crippen molar-refractivity contribution in [3.8, 4) is 11.1 Å². The molecule has 1 N–H and O–H groups in total. The summed E-state index contributed by atoms with van der Waals surface area (Å²) in [5.41, 5.74) is 10.2. The van der Waals surface area contributed by atoms with Gasteiger partial charge in [0.1, 0.15) is 0 Å². The van der Waals surface area contributed by atoms with Crippen molar-refractivity contribution in [2.24, 2.45) is 5.92 Å². The number of fused-ring (bicyclic) bond motifs is 6. The van der Waals surface area contributed by atoms with Gasteiger partial charge in [0.2, 0.25) is 0 Å². The minimum Gasteiger partial charge on any atom is -0.355 e. The first-order valence-corrected chi connectivity index (χ1v) is 13.7. The second kappa shape index (κ2) is 8.81. The van der Waals surface area contributed by atoms with Crippen LogP contribution in [0, 0.1) is 5.92 Å². The number of H-pyrrole nitrogens is 1. The van der Waals surface area contributed by atoms with Gasteiger partial charge < -0.3 is 9.55 Å². The fraction of sp³-hybridized carbons (Fsp3) is 0.200. The van der Waals surface area contributed by atoms with Crippen LogP contribution in [-0.2, 0) is 6.42 Å². The summed E-state index contributed by atoms with van der Waals surface area (Å²) < 4.78 is 2.47. The van der Waals surface area contributed by atoms with E-state index in [9.17, 15) is 0 Å². The molecule has 1 aliphatic carbocycles. The number of nitrogens with one attached hydrogen (secondary N) is 1. The zero-order chi connectivity index (χ0) is 24.9. The third-order valence-corrected chi connectivity index (χ3v) is 8.00. The van der Waals surface area contributed by atoms with Gasteiger partial charge in [0.25, 0.3) is 0 Å². The Labute approximate surface area is 217 Å². The van der Waals surface area contributed by atoms with Crippen molar-refractivity contribution in [2.75, 3.05) is 0 Å². The SMILES string of the molecule is CCCCc1ccc2c(c1)c1cc(-c3ccc4[nH]c5ccccc5c4c3)ccc1n2C1=CC(C)CC=C1. The van der Waals surface area contributed by atoms with E-state index in [4.69, 9.17) is 0 Å². The van der Waals surface area contributed by atoms with Gasteiger partial charge in [-0.25, -0.2) is 0 Å². The predicted octanol–water partition coefficient (Wildman–Crippen LogP) is 9.88. The highest BCUT2D eigenvalue weighted by Crippen LogP contribution is 2.38. The number of aromatic nitrogens is 2. The summed E-state index contributed by atoms with van der Waals surface area (Å²) in [6, 6.07) is 29.5. The number of unbranched alkanes of at least 4 members (excludes halogenated alkanes) is 1. The van der Waals surface area contributed by atoms with Gasteiger partial charge in [0.05, 0.1) is 11.0 Å². The first-order chi connectivity index (χ1) is 18.2. The van der Waals surface area contributed by atoms with Crippen molar-refractivity contribution >= 4 is 49.3 Å². The first-order valence-electron chi connectivity index (χ1n) is 13.7. The number of rotatable bonds is 5. The molecule has 2 heterocycles. The van der Waals surface area contributed by atoms with E-state index >= 15 is 0 Å². The van der Waals surface area contributed by atoms with Crippen molar-refractivity contribution in [1.82, 2.24) is 9.55 Å². The zero-order valence-electron chi connectivity index (χ0n) is 21.6. The summed E-state index contributed by atoms with van der Waals surface area (Å²) in [5, 5.41) is 5.25. The molecule has 0 saturated heterocycles. The van der Waals surface area contributed by atoms with Gasteiger partial charge in [0.15, 0.2) is 0 Å². The molecule has 4 aromatic carbocycles. The molecule has 1 unspecified atom stereocenters. The number of hydrogen-bond donors (Lipinski definition) is 1. The molecule has 6 aromatic rings. The van der Waals surface area contributed by atoms with Crippen LogP contribution in [0.2, 0.25) is 0 Å². The third kappa shape index (κ3) is 3.71. The van der Waals surface area contributed by atoms with Crippen LogP contribution < -0.4 is 0 Å². The lowest BCUT2D eigenvalue weighted by atomic mass is 9.99. The molecule has 1 aliphatic rings. The van der Waals surface area contributed by atoms with E-state index < -0.39 is 0 Å². The van der Waals surface area contributed by atoms with Crippen LogP contribution in [0.5, 0.6) is 0 Å². The van der Waals surface area contributed by atoms with Gasteiger partial charge in [-0.2, -0.15) is 0 Å². The predicted molar refractivity (Wildman–Crippen MR) is 160 cm³/mol. The van der Waals surface area contributed by atoms with Crippen LogP contribution in [0.25, 0.3) is 60.4 Å². The Morgan fingerprint density at radius 3 is 2.35 bits per heavy atom. The van der Waals surface area contributed by atoms with E-state index in [2.05, 4.69) is 120 Å². The van der Waals surface area contributed by atoms with Gasteiger partial charge >= 0.3 is 0 Å². The maximum absolute atomic E-state index is 3.56. The summed E-state index contributed by atoms with van der Waals surface area (Å²) in [4.78, 5) is 3.56. The van der Waals surface area contributed by atoms with E-state index in [1.165, 1.54) is 78.8 Å². The van der Waals surface area contributed by atoms with E-state index in [0.29, 0.717) is 5.92 Å². The highest BCUT2D eigenvalue weighted by Gasteiger charge is 2.17. The number of aryl methyl sites for hydroxylation is 1. The van der Waals surface area contributed by atoms with E-state index in [-0.39, 0.29) is 0 Å². The maximum atomic E-state index is 3.56. The molecule has 0 bridgehead atoms. The fourth-order valence-corrected chi connectivity index (χ4v) is 6.06. The topological polar surface area (TPSA) is 20.7 Å². The summed E-state index contributed by atoms with van der Waals surface area (Å²) in [6.07, 6.45) is 11.7. The van der Waals surface area contributed by atoms with Crippen LogP contribution in [0.4, 0.5) is 0 Å². The molecule has 1 atom stereocenters. The van der Waals surface area contributed by atoms with Crippen LogP contribution in [0.15, 0.2) is 97.1 Å². The summed E-state index contributed by atoms with van der Waals surface area (Å²) >= 11 is 0. The average Bonchev–Trinajstić information content (AvgIpc) is 3.46. The Hall–Kier alpha value is -4.04. The molecule has 37 heavy (non-hydrogen) atoms. The number of allylic oxidation sites excluding steroid dienone is 4. The molecule has 0 amide bonds.